The Labute approximate surface area is 142 Å². The molecule has 2 aromatic heterocycles. The third-order valence-electron chi connectivity index (χ3n) is 4.93. The van der Waals surface area contributed by atoms with Crippen molar-refractivity contribution in [3.63, 3.8) is 0 Å². The van der Waals surface area contributed by atoms with Gasteiger partial charge in [0.1, 0.15) is 0 Å². The van der Waals surface area contributed by atoms with E-state index >= 15 is 0 Å². The molecule has 0 unspecified atom stereocenters. The van der Waals surface area contributed by atoms with Crippen molar-refractivity contribution < 1.29 is 4.52 Å². The monoisotopic (exact) mass is 328 g/mol. The quantitative estimate of drug-likeness (QED) is 0.830. The maximum absolute atomic E-state index is 5.48. The Morgan fingerprint density at radius 1 is 1.17 bits per heavy atom. The molecule has 4 rings (SSSR count). The van der Waals surface area contributed by atoms with Crippen LogP contribution in [-0.2, 0) is 6.54 Å². The van der Waals surface area contributed by atoms with Gasteiger partial charge in [-0.05, 0) is 26.7 Å². The molecule has 7 nitrogen and oxygen atoms in total. The van der Waals surface area contributed by atoms with Gasteiger partial charge in [0.05, 0.1) is 17.4 Å². The fraction of sp³-hybridized carbons (Fsp3) is 0.647. The van der Waals surface area contributed by atoms with Crippen molar-refractivity contribution in [3.8, 4) is 0 Å². The van der Waals surface area contributed by atoms with Crippen molar-refractivity contribution in [2.45, 2.75) is 45.2 Å². The molecule has 0 spiro atoms. The number of aryl methyl sites for hydroxylation is 1. The summed E-state index contributed by atoms with van der Waals surface area (Å²) in [4.78, 5) is 18.2. The molecule has 1 atom stereocenters. The van der Waals surface area contributed by atoms with E-state index in [-0.39, 0.29) is 6.04 Å². The topological polar surface area (TPSA) is 71.2 Å². The SMILES string of the molecule is Cc1cnc(CN2CCN([C@@H](C)c3nc(C4CC4)no3)CC2)cn1. The molecule has 0 N–H and O–H groups in total. The first-order chi connectivity index (χ1) is 11.7. The Morgan fingerprint density at radius 3 is 2.62 bits per heavy atom. The summed E-state index contributed by atoms with van der Waals surface area (Å²) in [5.41, 5.74) is 2.00. The van der Waals surface area contributed by atoms with Crippen LogP contribution in [0.25, 0.3) is 0 Å². The predicted molar refractivity (Wildman–Crippen MR) is 88.3 cm³/mol. The van der Waals surface area contributed by atoms with Crippen LogP contribution < -0.4 is 0 Å². The number of aromatic nitrogens is 4. The summed E-state index contributed by atoms with van der Waals surface area (Å²) in [6, 6.07) is 0.186. The molecule has 0 aromatic carbocycles. The van der Waals surface area contributed by atoms with E-state index in [0.29, 0.717) is 5.92 Å². The minimum absolute atomic E-state index is 0.186. The third-order valence-corrected chi connectivity index (χ3v) is 4.93. The smallest absolute Gasteiger partial charge is 0.243 e. The van der Waals surface area contributed by atoms with Crippen LogP contribution in [0.3, 0.4) is 0 Å². The van der Waals surface area contributed by atoms with E-state index in [1.54, 1.807) is 0 Å². The van der Waals surface area contributed by atoms with Gasteiger partial charge >= 0.3 is 0 Å². The lowest BCUT2D eigenvalue weighted by molar-refractivity contribution is 0.0838. The highest BCUT2D eigenvalue weighted by Crippen LogP contribution is 2.38. The summed E-state index contributed by atoms with van der Waals surface area (Å²) in [5, 5.41) is 4.13. The van der Waals surface area contributed by atoms with Crippen LogP contribution in [-0.4, -0.2) is 56.1 Å². The van der Waals surface area contributed by atoms with E-state index in [1.807, 2.05) is 19.3 Å². The van der Waals surface area contributed by atoms with Gasteiger partial charge in [0.15, 0.2) is 5.82 Å². The highest BCUT2D eigenvalue weighted by Gasteiger charge is 2.31. The van der Waals surface area contributed by atoms with E-state index in [0.717, 1.165) is 55.8 Å². The summed E-state index contributed by atoms with van der Waals surface area (Å²) in [6.07, 6.45) is 6.12. The minimum Gasteiger partial charge on any atom is -0.338 e. The van der Waals surface area contributed by atoms with Crippen LogP contribution in [0.2, 0.25) is 0 Å². The zero-order chi connectivity index (χ0) is 16.5. The fourth-order valence-corrected chi connectivity index (χ4v) is 3.12. The molecule has 3 heterocycles. The Kier molecular flexibility index (Phi) is 4.28. The standard InChI is InChI=1S/C17H24N6O/c1-12-9-19-15(10-18-12)11-22-5-7-23(8-6-22)13(2)17-20-16(21-24-17)14-3-4-14/h9-10,13-14H,3-8,11H2,1-2H3/t13-/m0/s1. The molecule has 1 saturated heterocycles. The number of piperazine rings is 1. The van der Waals surface area contributed by atoms with Gasteiger partial charge in [-0.2, -0.15) is 4.98 Å². The second-order valence-electron chi connectivity index (χ2n) is 6.90. The average Bonchev–Trinajstić information content (AvgIpc) is 3.34. The molecule has 128 valence electrons. The van der Waals surface area contributed by atoms with Crippen LogP contribution in [0.15, 0.2) is 16.9 Å². The highest BCUT2D eigenvalue weighted by molar-refractivity contribution is 5.05. The van der Waals surface area contributed by atoms with Crippen molar-refractivity contribution in [1.82, 2.24) is 29.9 Å². The molecule has 0 radical (unpaired) electrons. The summed E-state index contributed by atoms with van der Waals surface area (Å²) in [5.74, 6) is 2.20. The average molecular weight is 328 g/mol. The van der Waals surface area contributed by atoms with E-state index in [1.165, 1.54) is 12.8 Å². The van der Waals surface area contributed by atoms with Gasteiger partial charge in [-0.25, -0.2) is 0 Å². The minimum atomic E-state index is 0.186. The molecule has 7 heteroatoms. The number of hydrogen-bond acceptors (Lipinski definition) is 7. The second-order valence-corrected chi connectivity index (χ2v) is 6.90. The largest absolute Gasteiger partial charge is 0.338 e. The van der Waals surface area contributed by atoms with Crippen LogP contribution in [0.4, 0.5) is 0 Å². The Bertz CT molecular complexity index is 673. The molecular weight excluding hydrogens is 304 g/mol. The van der Waals surface area contributed by atoms with E-state index in [9.17, 15) is 0 Å². The van der Waals surface area contributed by atoms with Gasteiger partial charge in [0.25, 0.3) is 0 Å². The first-order valence-electron chi connectivity index (χ1n) is 8.76. The molecule has 1 saturated carbocycles. The Balaban J connectivity index is 1.30. The summed E-state index contributed by atoms with van der Waals surface area (Å²) in [6.45, 7) is 9.02. The van der Waals surface area contributed by atoms with Gasteiger partial charge in [-0.1, -0.05) is 5.16 Å². The van der Waals surface area contributed by atoms with Gasteiger partial charge in [0.2, 0.25) is 5.89 Å². The Morgan fingerprint density at radius 2 is 1.96 bits per heavy atom. The van der Waals surface area contributed by atoms with Gasteiger partial charge in [0, 0.05) is 51.0 Å². The Hall–Kier alpha value is -1.86. The van der Waals surface area contributed by atoms with Gasteiger partial charge in [-0.15, -0.1) is 0 Å². The molecule has 0 bridgehead atoms. The van der Waals surface area contributed by atoms with Gasteiger partial charge in [-0.3, -0.25) is 19.8 Å². The third kappa shape index (κ3) is 3.47. The summed E-state index contributed by atoms with van der Waals surface area (Å²) in [7, 11) is 0. The lowest BCUT2D eigenvalue weighted by atomic mass is 10.2. The summed E-state index contributed by atoms with van der Waals surface area (Å²) >= 11 is 0. The molecule has 2 aromatic rings. The second kappa shape index (κ2) is 6.57. The van der Waals surface area contributed by atoms with Gasteiger partial charge < -0.3 is 4.52 Å². The number of hydrogen-bond donors (Lipinski definition) is 0. The van der Waals surface area contributed by atoms with E-state index in [4.69, 9.17) is 4.52 Å². The van der Waals surface area contributed by atoms with Crippen LogP contribution in [0.5, 0.6) is 0 Å². The number of rotatable bonds is 5. The molecule has 1 aliphatic carbocycles. The molecule has 2 aliphatic rings. The lowest BCUT2D eigenvalue weighted by Gasteiger charge is -2.36. The van der Waals surface area contributed by atoms with Crippen LogP contribution in [0, 0.1) is 6.92 Å². The predicted octanol–water partition coefficient (Wildman–Crippen LogP) is 1.92. The van der Waals surface area contributed by atoms with Crippen molar-refractivity contribution in [3.05, 3.63) is 35.5 Å². The highest BCUT2D eigenvalue weighted by atomic mass is 16.5. The zero-order valence-corrected chi connectivity index (χ0v) is 14.4. The van der Waals surface area contributed by atoms with Crippen molar-refractivity contribution in [1.29, 1.82) is 0 Å². The fourth-order valence-electron chi connectivity index (χ4n) is 3.12. The van der Waals surface area contributed by atoms with Crippen LogP contribution >= 0.6 is 0 Å². The molecular formula is C17H24N6O. The molecule has 24 heavy (non-hydrogen) atoms. The molecule has 2 fully saturated rings. The maximum atomic E-state index is 5.48. The first kappa shape index (κ1) is 15.7. The summed E-state index contributed by atoms with van der Waals surface area (Å²) < 4.78 is 5.48. The van der Waals surface area contributed by atoms with E-state index < -0.39 is 0 Å². The molecule has 1 aliphatic heterocycles. The van der Waals surface area contributed by atoms with Crippen molar-refractivity contribution >= 4 is 0 Å². The lowest BCUT2D eigenvalue weighted by Crippen LogP contribution is -2.46. The van der Waals surface area contributed by atoms with Crippen molar-refractivity contribution in [2.24, 2.45) is 0 Å². The number of nitrogens with zero attached hydrogens (tertiary/aromatic N) is 6. The van der Waals surface area contributed by atoms with Crippen molar-refractivity contribution in [2.75, 3.05) is 26.2 Å². The van der Waals surface area contributed by atoms with E-state index in [2.05, 4.69) is 36.8 Å². The zero-order valence-electron chi connectivity index (χ0n) is 14.4. The normalized spacial score (nSPS) is 21.1. The van der Waals surface area contributed by atoms with Crippen LogP contribution in [0.1, 0.15) is 54.8 Å². The molecule has 0 amide bonds. The maximum Gasteiger partial charge on any atom is 0.243 e. The first-order valence-corrected chi connectivity index (χ1v) is 8.76.